The molecular weight excluding hydrogens is 202 g/mol. The molecule has 0 spiro atoms. The third kappa shape index (κ3) is 3.90. The van der Waals surface area contributed by atoms with Crippen molar-refractivity contribution in [1.82, 2.24) is 5.32 Å². The first-order chi connectivity index (χ1) is 7.65. The molecule has 0 aromatic heterocycles. The van der Waals surface area contributed by atoms with Crippen molar-refractivity contribution in [2.75, 3.05) is 6.54 Å². The molecule has 0 aliphatic carbocycles. The lowest BCUT2D eigenvalue weighted by Crippen LogP contribution is -2.30. The van der Waals surface area contributed by atoms with Crippen molar-refractivity contribution >= 4 is 6.03 Å². The van der Waals surface area contributed by atoms with Gasteiger partial charge in [0.05, 0.1) is 0 Å². The highest BCUT2D eigenvalue weighted by Crippen LogP contribution is 2.11. The van der Waals surface area contributed by atoms with E-state index in [2.05, 4.69) is 30.4 Å². The third-order valence-corrected chi connectivity index (χ3v) is 2.47. The van der Waals surface area contributed by atoms with Crippen LogP contribution >= 0.6 is 0 Å². The van der Waals surface area contributed by atoms with Crippen LogP contribution in [0.2, 0.25) is 0 Å². The molecule has 0 heterocycles. The van der Waals surface area contributed by atoms with E-state index in [1.807, 2.05) is 0 Å². The Kier molecular flexibility index (Phi) is 4.79. The Morgan fingerprint density at radius 1 is 1.25 bits per heavy atom. The number of hydrogen-bond donors (Lipinski definition) is 3. The Hall–Kier alpha value is -1.55. The fourth-order valence-electron chi connectivity index (χ4n) is 1.64. The van der Waals surface area contributed by atoms with Gasteiger partial charge in [0.25, 0.3) is 0 Å². The predicted molar refractivity (Wildman–Crippen MR) is 65.0 cm³/mol. The lowest BCUT2D eigenvalue weighted by Gasteiger charge is -2.08. The summed E-state index contributed by atoms with van der Waals surface area (Å²) >= 11 is 0. The van der Waals surface area contributed by atoms with Gasteiger partial charge in [-0.2, -0.15) is 0 Å². The summed E-state index contributed by atoms with van der Waals surface area (Å²) in [6.07, 6.45) is 1.77. The van der Waals surface area contributed by atoms with Crippen LogP contribution in [-0.2, 0) is 19.4 Å². The van der Waals surface area contributed by atoms with Gasteiger partial charge in [-0.25, -0.2) is 4.79 Å². The first-order valence-corrected chi connectivity index (χ1v) is 5.50. The molecule has 88 valence electrons. The van der Waals surface area contributed by atoms with Crippen molar-refractivity contribution < 1.29 is 4.79 Å². The highest BCUT2D eigenvalue weighted by Gasteiger charge is 2.00. The van der Waals surface area contributed by atoms with E-state index in [1.165, 1.54) is 11.1 Å². The normalized spacial score (nSPS) is 10.1. The number of rotatable bonds is 5. The van der Waals surface area contributed by atoms with Crippen LogP contribution in [-0.4, -0.2) is 12.6 Å². The number of benzene rings is 1. The topological polar surface area (TPSA) is 81.1 Å². The smallest absolute Gasteiger partial charge is 0.312 e. The van der Waals surface area contributed by atoms with Crippen LogP contribution in [0.5, 0.6) is 0 Å². The standard InChI is InChI=1S/C12H19N3O/c1-2-9-5-10(3-4-15-12(14)16)7-11(6-9)8-13/h5-7H,2-4,8,13H2,1H3,(H3,14,15,16). The lowest BCUT2D eigenvalue weighted by atomic mass is 10.0. The van der Waals surface area contributed by atoms with Gasteiger partial charge in [-0.1, -0.05) is 25.1 Å². The highest BCUT2D eigenvalue weighted by molar-refractivity contribution is 5.71. The zero-order valence-electron chi connectivity index (χ0n) is 9.62. The quantitative estimate of drug-likeness (QED) is 0.691. The van der Waals surface area contributed by atoms with Gasteiger partial charge in [-0.3, -0.25) is 0 Å². The minimum absolute atomic E-state index is 0.481. The monoisotopic (exact) mass is 221 g/mol. The van der Waals surface area contributed by atoms with E-state index in [9.17, 15) is 4.79 Å². The maximum atomic E-state index is 10.5. The van der Waals surface area contributed by atoms with Gasteiger partial charge in [0.15, 0.2) is 0 Å². The molecular formula is C12H19N3O. The summed E-state index contributed by atoms with van der Waals surface area (Å²) in [6, 6.07) is 5.85. The van der Waals surface area contributed by atoms with Crippen LogP contribution in [0.4, 0.5) is 4.79 Å². The van der Waals surface area contributed by atoms with Crippen LogP contribution in [0.15, 0.2) is 18.2 Å². The van der Waals surface area contributed by atoms with Gasteiger partial charge in [-0.15, -0.1) is 0 Å². The summed E-state index contributed by atoms with van der Waals surface area (Å²) in [5.41, 5.74) is 14.2. The minimum atomic E-state index is -0.481. The fourth-order valence-corrected chi connectivity index (χ4v) is 1.64. The largest absolute Gasteiger partial charge is 0.352 e. The van der Waals surface area contributed by atoms with Crippen LogP contribution in [0.1, 0.15) is 23.6 Å². The molecule has 0 radical (unpaired) electrons. The molecule has 4 nitrogen and oxygen atoms in total. The molecule has 0 aliphatic rings. The molecule has 0 fully saturated rings. The Bertz CT molecular complexity index is 341. The van der Waals surface area contributed by atoms with Gasteiger partial charge < -0.3 is 16.8 Å². The Labute approximate surface area is 96.0 Å². The maximum absolute atomic E-state index is 10.5. The van der Waals surface area contributed by atoms with Crippen LogP contribution in [0, 0.1) is 0 Å². The maximum Gasteiger partial charge on any atom is 0.312 e. The second-order valence-electron chi connectivity index (χ2n) is 3.76. The highest BCUT2D eigenvalue weighted by atomic mass is 16.2. The number of primary amides is 1. The second kappa shape index (κ2) is 6.12. The van der Waals surface area contributed by atoms with Gasteiger partial charge in [-0.05, 0) is 29.5 Å². The second-order valence-corrected chi connectivity index (χ2v) is 3.76. The fraction of sp³-hybridized carbons (Fsp3) is 0.417. The predicted octanol–water partition coefficient (Wildman–Crippen LogP) is 0.918. The molecule has 5 N–H and O–H groups in total. The summed E-state index contributed by atoms with van der Waals surface area (Å²) in [5, 5.41) is 2.58. The van der Waals surface area contributed by atoms with E-state index in [1.54, 1.807) is 0 Å². The van der Waals surface area contributed by atoms with E-state index < -0.39 is 6.03 Å². The molecule has 0 aliphatic heterocycles. The molecule has 0 saturated heterocycles. The van der Waals surface area contributed by atoms with Crippen LogP contribution in [0.25, 0.3) is 0 Å². The number of hydrogen-bond acceptors (Lipinski definition) is 2. The van der Waals surface area contributed by atoms with Gasteiger partial charge >= 0.3 is 6.03 Å². The zero-order chi connectivity index (χ0) is 12.0. The summed E-state index contributed by atoms with van der Waals surface area (Å²) in [7, 11) is 0. The lowest BCUT2D eigenvalue weighted by molar-refractivity contribution is 0.249. The number of nitrogens with two attached hydrogens (primary N) is 2. The Morgan fingerprint density at radius 2 is 1.88 bits per heavy atom. The number of urea groups is 1. The molecule has 2 amide bonds. The average Bonchev–Trinajstić information content (AvgIpc) is 2.28. The van der Waals surface area contributed by atoms with Crippen molar-refractivity contribution in [3.8, 4) is 0 Å². The molecule has 1 aromatic rings. The SMILES string of the molecule is CCc1cc(CN)cc(CCNC(N)=O)c1. The van der Waals surface area contributed by atoms with E-state index >= 15 is 0 Å². The van der Waals surface area contributed by atoms with E-state index in [0.29, 0.717) is 13.1 Å². The van der Waals surface area contributed by atoms with Crippen molar-refractivity contribution in [3.63, 3.8) is 0 Å². The molecule has 0 saturated carbocycles. The molecule has 1 aromatic carbocycles. The van der Waals surface area contributed by atoms with Gasteiger partial charge in [0, 0.05) is 13.1 Å². The summed E-state index contributed by atoms with van der Waals surface area (Å²) < 4.78 is 0. The molecule has 0 unspecified atom stereocenters. The summed E-state index contributed by atoms with van der Waals surface area (Å²) in [4.78, 5) is 10.5. The van der Waals surface area contributed by atoms with Crippen LogP contribution in [0.3, 0.4) is 0 Å². The number of carbonyl (C=O) groups is 1. The first kappa shape index (κ1) is 12.5. The van der Waals surface area contributed by atoms with Gasteiger partial charge in [0.1, 0.15) is 0 Å². The van der Waals surface area contributed by atoms with Crippen molar-refractivity contribution in [2.45, 2.75) is 26.3 Å². The molecule has 0 bridgehead atoms. The molecule has 4 heteroatoms. The van der Waals surface area contributed by atoms with Crippen molar-refractivity contribution in [2.24, 2.45) is 11.5 Å². The number of carbonyl (C=O) groups excluding carboxylic acids is 1. The first-order valence-electron chi connectivity index (χ1n) is 5.50. The van der Waals surface area contributed by atoms with Crippen molar-refractivity contribution in [1.29, 1.82) is 0 Å². The van der Waals surface area contributed by atoms with Crippen LogP contribution < -0.4 is 16.8 Å². The Balaban J connectivity index is 2.67. The Morgan fingerprint density at radius 3 is 2.44 bits per heavy atom. The minimum Gasteiger partial charge on any atom is -0.352 e. The average molecular weight is 221 g/mol. The van der Waals surface area contributed by atoms with Gasteiger partial charge in [0.2, 0.25) is 0 Å². The summed E-state index contributed by atoms with van der Waals surface area (Å²) in [5.74, 6) is 0. The molecule has 16 heavy (non-hydrogen) atoms. The third-order valence-electron chi connectivity index (χ3n) is 2.47. The molecule has 1 rings (SSSR count). The summed E-state index contributed by atoms with van der Waals surface area (Å²) in [6.45, 7) is 3.22. The molecule has 0 atom stereocenters. The number of aryl methyl sites for hydroxylation is 1. The number of nitrogens with one attached hydrogen (secondary N) is 1. The number of amides is 2. The van der Waals surface area contributed by atoms with E-state index in [-0.39, 0.29) is 0 Å². The van der Waals surface area contributed by atoms with Crippen molar-refractivity contribution in [3.05, 3.63) is 34.9 Å². The van der Waals surface area contributed by atoms with E-state index in [4.69, 9.17) is 11.5 Å². The van der Waals surface area contributed by atoms with E-state index in [0.717, 1.165) is 18.4 Å². The zero-order valence-corrected chi connectivity index (χ0v) is 9.62.